The van der Waals surface area contributed by atoms with Gasteiger partial charge >= 0.3 is 0 Å². The third kappa shape index (κ3) is 10.9. The fraction of sp³-hybridized carbons (Fsp3) is 0.188. The molecule has 0 aromatic heterocycles. The summed E-state index contributed by atoms with van der Waals surface area (Å²) in [6.07, 6.45) is -0.391. The zero-order chi connectivity index (χ0) is 46.0. The molecule has 3 amide bonds. The number of hydrogen-bond acceptors (Lipinski definition) is 12. The summed E-state index contributed by atoms with van der Waals surface area (Å²) in [7, 11) is 2.47. The van der Waals surface area contributed by atoms with Gasteiger partial charge in [0, 0.05) is 36.1 Å². The van der Waals surface area contributed by atoms with Crippen molar-refractivity contribution in [3.8, 4) is 34.8 Å². The number of nitriles is 1. The van der Waals surface area contributed by atoms with Crippen LogP contribution < -0.4 is 25.4 Å². The van der Waals surface area contributed by atoms with Gasteiger partial charge in [-0.15, -0.1) is 0 Å². The van der Waals surface area contributed by atoms with E-state index in [2.05, 4.69) is 16.0 Å². The van der Waals surface area contributed by atoms with Crippen molar-refractivity contribution in [1.29, 1.82) is 5.26 Å². The van der Waals surface area contributed by atoms with Crippen molar-refractivity contribution in [2.75, 3.05) is 30.2 Å². The highest BCUT2D eigenvalue weighted by molar-refractivity contribution is 6.11. The minimum absolute atomic E-state index is 0.0162. The number of carbonyl (C=O) groups excluding carboxylic acids is 6. The highest BCUT2D eigenvalue weighted by Gasteiger charge is 2.25. The Hall–Kier alpha value is -8.25. The standard InChI is InChI=1S/C48H44N4O11/c1-26(30-12-16-35(54)17-13-30)27(2)40(55)24-29-6-8-31(9-7-29)41(56)25-33(22-23-49)47(60)50-34-14-10-32(11-15-34)46(59)51-38-21-19-37(43(58)45(38)63-5)48(61)52-39-20-18-36(28(3)53)42(57)44(39)62-4/h6-21,33,54,57-58H,22,24-25H2,1-5H3,(H,50,60)(H,51,59)(H,52,61)/b27-26+/t33-/m1/s1. The highest BCUT2D eigenvalue weighted by atomic mass is 16.5. The molecule has 5 aromatic carbocycles. The van der Waals surface area contributed by atoms with Crippen LogP contribution in [0.4, 0.5) is 17.1 Å². The lowest BCUT2D eigenvalue weighted by atomic mass is 9.93. The van der Waals surface area contributed by atoms with Crippen molar-refractivity contribution in [2.24, 2.45) is 5.92 Å². The van der Waals surface area contributed by atoms with Gasteiger partial charge < -0.3 is 40.7 Å². The van der Waals surface area contributed by atoms with E-state index >= 15 is 0 Å². The molecule has 0 bridgehead atoms. The van der Waals surface area contributed by atoms with Crippen molar-refractivity contribution < 1.29 is 53.6 Å². The Morgan fingerprint density at radius 2 is 1.16 bits per heavy atom. The number of benzene rings is 5. The molecule has 0 radical (unpaired) electrons. The number of aromatic hydroxyl groups is 3. The van der Waals surface area contributed by atoms with Crippen LogP contribution in [0.1, 0.15) is 86.2 Å². The summed E-state index contributed by atoms with van der Waals surface area (Å²) in [4.78, 5) is 77.7. The first-order valence-corrected chi connectivity index (χ1v) is 19.4. The lowest BCUT2D eigenvalue weighted by Crippen LogP contribution is -2.25. The van der Waals surface area contributed by atoms with Gasteiger partial charge in [0.15, 0.2) is 40.3 Å². The molecule has 322 valence electrons. The molecule has 0 spiro atoms. The summed E-state index contributed by atoms with van der Waals surface area (Å²) in [6.45, 7) is 4.83. The second kappa shape index (κ2) is 20.3. The predicted octanol–water partition coefficient (Wildman–Crippen LogP) is 7.87. The number of amides is 3. The van der Waals surface area contributed by atoms with Crippen LogP contribution in [0.15, 0.2) is 103 Å². The van der Waals surface area contributed by atoms with Crippen molar-refractivity contribution in [2.45, 2.75) is 40.0 Å². The third-order valence-electron chi connectivity index (χ3n) is 10.3. The Morgan fingerprint density at radius 1 is 0.635 bits per heavy atom. The molecule has 0 unspecified atom stereocenters. The molecule has 0 saturated carbocycles. The summed E-state index contributed by atoms with van der Waals surface area (Å²) in [5.74, 6) is -5.26. The Morgan fingerprint density at radius 3 is 1.71 bits per heavy atom. The molecular formula is C48H44N4O11. The Kier molecular flexibility index (Phi) is 14.8. The quantitative estimate of drug-likeness (QED) is 0.0387. The maximum Gasteiger partial charge on any atom is 0.259 e. The lowest BCUT2D eigenvalue weighted by molar-refractivity contribution is -0.119. The monoisotopic (exact) mass is 852 g/mol. The number of allylic oxidation sites excluding steroid dienone is 2. The fourth-order valence-corrected chi connectivity index (χ4v) is 6.53. The molecule has 0 aliphatic rings. The van der Waals surface area contributed by atoms with Gasteiger partial charge in [-0.2, -0.15) is 5.26 Å². The SMILES string of the molecule is COc1c(NC(=O)c2ccc(NC(=O)c3ccc(NC(=O)[C@H](CC#N)CC(=O)c4ccc(CC(=O)/C(C)=C(\C)c5ccc(O)cc5)cc4)cc3)c(OC)c2O)ccc(C(C)=O)c1O. The van der Waals surface area contributed by atoms with Crippen LogP contribution in [0.3, 0.4) is 0 Å². The van der Waals surface area contributed by atoms with E-state index in [4.69, 9.17) is 9.47 Å². The molecule has 15 nitrogen and oxygen atoms in total. The first kappa shape index (κ1) is 45.8. The number of anilines is 3. The maximum atomic E-state index is 13.3. The van der Waals surface area contributed by atoms with Crippen molar-refractivity contribution >= 4 is 57.7 Å². The second-order valence-electron chi connectivity index (χ2n) is 14.4. The average Bonchev–Trinajstić information content (AvgIpc) is 3.26. The van der Waals surface area contributed by atoms with Crippen LogP contribution in [0.25, 0.3) is 5.57 Å². The average molecular weight is 853 g/mol. The number of carbonyl (C=O) groups is 6. The van der Waals surface area contributed by atoms with Crippen molar-refractivity contribution in [3.05, 3.63) is 136 Å². The number of phenols is 3. The molecule has 0 aliphatic heterocycles. The Bertz CT molecular complexity index is 2660. The smallest absolute Gasteiger partial charge is 0.259 e. The van der Waals surface area contributed by atoms with Crippen LogP contribution in [0.2, 0.25) is 0 Å². The van der Waals surface area contributed by atoms with Gasteiger partial charge in [0.25, 0.3) is 11.8 Å². The van der Waals surface area contributed by atoms with Gasteiger partial charge in [0.1, 0.15) is 5.75 Å². The van der Waals surface area contributed by atoms with E-state index in [1.54, 1.807) is 55.5 Å². The van der Waals surface area contributed by atoms with Crippen LogP contribution in [0.5, 0.6) is 28.7 Å². The Balaban J connectivity index is 1.19. The van der Waals surface area contributed by atoms with Crippen molar-refractivity contribution in [1.82, 2.24) is 0 Å². The fourth-order valence-electron chi connectivity index (χ4n) is 6.53. The minimum atomic E-state index is -0.992. The van der Waals surface area contributed by atoms with E-state index in [1.807, 2.05) is 13.0 Å². The molecule has 0 heterocycles. The molecule has 1 atom stereocenters. The Labute approximate surface area is 362 Å². The lowest BCUT2D eigenvalue weighted by Gasteiger charge is -2.16. The van der Waals surface area contributed by atoms with Crippen LogP contribution >= 0.6 is 0 Å². The van der Waals surface area contributed by atoms with Crippen LogP contribution in [-0.4, -0.2) is 64.6 Å². The maximum absolute atomic E-state index is 13.3. The number of methoxy groups -OCH3 is 2. The molecule has 0 saturated heterocycles. The van der Waals surface area contributed by atoms with Gasteiger partial charge in [0.05, 0.1) is 48.7 Å². The summed E-state index contributed by atoms with van der Waals surface area (Å²) >= 11 is 0. The number of rotatable bonds is 17. The topological polar surface area (TPSA) is 241 Å². The van der Waals surface area contributed by atoms with E-state index < -0.39 is 40.9 Å². The van der Waals surface area contributed by atoms with Gasteiger partial charge in [-0.3, -0.25) is 28.8 Å². The third-order valence-corrected chi connectivity index (χ3v) is 10.3. The van der Waals surface area contributed by atoms with E-state index in [0.717, 1.165) is 11.1 Å². The largest absolute Gasteiger partial charge is 0.508 e. The van der Waals surface area contributed by atoms with E-state index in [0.29, 0.717) is 16.7 Å². The number of nitrogens with one attached hydrogen (secondary N) is 3. The zero-order valence-electron chi connectivity index (χ0n) is 35.0. The normalized spacial score (nSPS) is 11.6. The number of Topliss-reactive ketones (excluding diaryl/α,β-unsaturated/α-hetero) is 3. The molecule has 6 N–H and O–H groups in total. The van der Waals surface area contributed by atoms with E-state index in [1.165, 1.54) is 69.7 Å². The van der Waals surface area contributed by atoms with Crippen LogP contribution in [-0.2, 0) is 16.0 Å². The van der Waals surface area contributed by atoms with Crippen molar-refractivity contribution in [3.63, 3.8) is 0 Å². The first-order chi connectivity index (χ1) is 30.1. The summed E-state index contributed by atoms with van der Waals surface area (Å²) in [5, 5.41) is 48.2. The predicted molar refractivity (Wildman–Crippen MR) is 234 cm³/mol. The molecule has 5 aromatic rings. The van der Waals surface area contributed by atoms with Gasteiger partial charge in [-0.1, -0.05) is 36.4 Å². The molecule has 0 aliphatic carbocycles. The molecule has 0 fully saturated rings. The summed E-state index contributed by atoms with van der Waals surface area (Å²) in [5.41, 5.74) is 3.37. The molecular weight excluding hydrogens is 809 g/mol. The number of ether oxygens (including phenoxy) is 2. The minimum Gasteiger partial charge on any atom is -0.508 e. The van der Waals surface area contributed by atoms with Gasteiger partial charge in [0.2, 0.25) is 5.91 Å². The summed E-state index contributed by atoms with van der Waals surface area (Å²) < 4.78 is 10.5. The summed E-state index contributed by atoms with van der Waals surface area (Å²) in [6, 6.07) is 26.0. The second-order valence-corrected chi connectivity index (χ2v) is 14.4. The first-order valence-electron chi connectivity index (χ1n) is 19.4. The van der Waals surface area contributed by atoms with Gasteiger partial charge in [-0.05, 0) is 104 Å². The number of ketones is 3. The van der Waals surface area contributed by atoms with Gasteiger partial charge in [-0.25, -0.2) is 0 Å². The number of phenolic OH excluding ortho intramolecular Hbond substituents is 3. The van der Waals surface area contributed by atoms with Crippen LogP contribution in [0, 0.1) is 17.2 Å². The van der Waals surface area contributed by atoms with E-state index in [9.17, 15) is 49.3 Å². The molecule has 15 heteroatoms. The molecule has 5 rings (SSSR count). The number of hydrogen-bond donors (Lipinski definition) is 6. The number of nitrogens with zero attached hydrogens (tertiary/aromatic N) is 1. The molecule has 63 heavy (non-hydrogen) atoms. The van der Waals surface area contributed by atoms with E-state index in [-0.39, 0.29) is 81.8 Å². The zero-order valence-corrected chi connectivity index (χ0v) is 35.0. The highest BCUT2D eigenvalue weighted by Crippen LogP contribution is 2.41.